The van der Waals surface area contributed by atoms with Crippen LogP contribution in [0.4, 0.5) is 4.39 Å². The fraction of sp³-hybridized carbons (Fsp3) is 0.182. The van der Waals surface area contributed by atoms with Crippen LogP contribution in [0, 0.1) is 5.82 Å². The Morgan fingerprint density at radius 2 is 1.73 bits per heavy atom. The summed E-state index contributed by atoms with van der Waals surface area (Å²) in [4.78, 5) is 0. The van der Waals surface area contributed by atoms with E-state index in [1.165, 1.54) is 17.7 Å². The molecule has 0 amide bonds. The van der Waals surface area contributed by atoms with Crippen LogP contribution in [0.5, 0.6) is 5.75 Å². The van der Waals surface area contributed by atoms with Crippen molar-refractivity contribution in [1.82, 2.24) is 5.32 Å². The Morgan fingerprint density at radius 3 is 2.46 bits per heavy atom. The standard InChI is InChI=1S/C22H21ClFNO/c1-16(18-5-3-2-4-6-18)25-14-19-13-20(23)9-12-22(19)26-15-17-7-10-21(24)11-8-17/h2-13,16,25H,14-15H2,1H3/t16-/m0/s1. The summed E-state index contributed by atoms with van der Waals surface area (Å²) < 4.78 is 18.9. The van der Waals surface area contributed by atoms with Gasteiger partial charge in [-0.05, 0) is 48.4 Å². The van der Waals surface area contributed by atoms with E-state index in [1.54, 1.807) is 12.1 Å². The quantitative estimate of drug-likeness (QED) is 0.559. The summed E-state index contributed by atoms with van der Waals surface area (Å²) in [5.74, 6) is 0.520. The van der Waals surface area contributed by atoms with Crippen molar-refractivity contribution in [2.45, 2.75) is 26.1 Å². The molecule has 0 unspecified atom stereocenters. The van der Waals surface area contributed by atoms with E-state index < -0.39 is 0 Å². The molecule has 0 radical (unpaired) electrons. The Hall–Kier alpha value is -2.36. The number of ether oxygens (including phenoxy) is 1. The zero-order valence-corrected chi connectivity index (χ0v) is 15.3. The normalized spacial score (nSPS) is 12.0. The van der Waals surface area contributed by atoms with Gasteiger partial charge < -0.3 is 10.1 Å². The van der Waals surface area contributed by atoms with Crippen LogP contribution in [0.1, 0.15) is 29.7 Å². The van der Waals surface area contributed by atoms with Crippen LogP contribution >= 0.6 is 11.6 Å². The molecule has 0 fully saturated rings. The number of hydrogen-bond donors (Lipinski definition) is 1. The third-order valence-corrected chi connectivity index (χ3v) is 4.46. The van der Waals surface area contributed by atoms with E-state index in [2.05, 4.69) is 24.4 Å². The van der Waals surface area contributed by atoms with Gasteiger partial charge in [0, 0.05) is 23.2 Å². The number of nitrogens with one attached hydrogen (secondary N) is 1. The fourth-order valence-electron chi connectivity index (χ4n) is 2.69. The van der Waals surface area contributed by atoms with Crippen molar-refractivity contribution >= 4 is 11.6 Å². The van der Waals surface area contributed by atoms with Crippen molar-refractivity contribution < 1.29 is 9.13 Å². The average molecular weight is 370 g/mol. The molecule has 4 heteroatoms. The predicted octanol–water partition coefficient (Wildman–Crippen LogP) is 5.91. The third-order valence-electron chi connectivity index (χ3n) is 4.23. The van der Waals surface area contributed by atoms with Gasteiger partial charge in [0.2, 0.25) is 0 Å². The summed E-state index contributed by atoms with van der Waals surface area (Å²) in [6.45, 7) is 3.14. The van der Waals surface area contributed by atoms with Crippen LogP contribution in [0.15, 0.2) is 72.8 Å². The lowest BCUT2D eigenvalue weighted by molar-refractivity contribution is 0.301. The van der Waals surface area contributed by atoms with Crippen LogP contribution in [-0.4, -0.2) is 0 Å². The Labute approximate surface area is 158 Å². The smallest absolute Gasteiger partial charge is 0.124 e. The molecule has 1 N–H and O–H groups in total. The van der Waals surface area contributed by atoms with Crippen LogP contribution in [0.25, 0.3) is 0 Å². The second-order valence-electron chi connectivity index (χ2n) is 6.18. The predicted molar refractivity (Wildman–Crippen MR) is 104 cm³/mol. The lowest BCUT2D eigenvalue weighted by Crippen LogP contribution is -2.18. The van der Waals surface area contributed by atoms with Crippen molar-refractivity contribution in [3.8, 4) is 5.75 Å². The first-order valence-corrected chi connectivity index (χ1v) is 8.93. The van der Waals surface area contributed by atoms with Gasteiger partial charge in [-0.15, -0.1) is 0 Å². The van der Waals surface area contributed by atoms with Crippen molar-refractivity contribution in [1.29, 1.82) is 0 Å². The van der Waals surface area contributed by atoms with E-state index >= 15 is 0 Å². The molecule has 0 aromatic heterocycles. The molecule has 3 aromatic carbocycles. The first-order valence-electron chi connectivity index (χ1n) is 8.56. The molecule has 1 atom stereocenters. The zero-order chi connectivity index (χ0) is 18.4. The molecule has 0 aliphatic heterocycles. The van der Waals surface area contributed by atoms with Crippen LogP contribution in [0.3, 0.4) is 0 Å². The summed E-state index contributed by atoms with van der Waals surface area (Å²) in [5.41, 5.74) is 3.13. The minimum absolute atomic E-state index is 0.208. The van der Waals surface area contributed by atoms with Gasteiger partial charge >= 0.3 is 0 Å². The van der Waals surface area contributed by atoms with Gasteiger partial charge in [-0.1, -0.05) is 54.1 Å². The minimum Gasteiger partial charge on any atom is -0.489 e. The summed E-state index contributed by atoms with van der Waals surface area (Å²) >= 11 is 6.16. The van der Waals surface area contributed by atoms with Gasteiger partial charge in [0.25, 0.3) is 0 Å². The van der Waals surface area contributed by atoms with E-state index in [9.17, 15) is 4.39 Å². The number of benzene rings is 3. The molecule has 0 aliphatic rings. The molecule has 0 saturated carbocycles. The molecule has 0 heterocycles. The first kappa shape index (κ1) is 18.4. The molecule has 0 spiro atoms. The third kappa shape index (κ3) is 5.07. The lowest BCUT2D eigenvalue weighted by atomic mass is 10.1. The highest BCUT2D eigenvalue weighted by Gasteiger charge is 2.09. The van der Waals surface area contributed by atoms with Gasteiger partial charge in [-0.2, -0.15) is 0 Å². The van der Waals surface area contributed by atoms with Crippen molar-refractivity contribution in [2.24, 2.45) is 0 Å². The molecule has 0 aliphatic carbocycles. The molecule has 3 aromatic rings. The van der Waals surface area contributed by atoms with Crippen molar-refractivity contribution in [3.05, 3.63) is 100 Å². The summed E-state index contributed by atoms with van der Waals surface area (Å²) in [7, 11) is 0. The first-order chi connectivity index (χ1) is 12.6. The molecule has 0 saturated heterocycles. The Morgan fingerprint density at radius 1 is 1.00 bits per heavy atom. The monoisotopic (exact) mass is 369 g/mol. The maximum Gasteiger partial charge on any atom is 0.124 e. The highest BCUT2D eigenvalue weighted by molar-refractivity contribution is 6.30. The SMILES string of the molecule is C[C@H](NCc1cc(Cl)ccc1OCc1ccc(F)cc1)c1ccccc1. The van der Waals surface area contributed by atoms with Crippen LogP contribution in [-0.2, 0) is 13.2 Å². The molecule has 2 nitrogen and oxygen atoms in total. The van der Waals surface area contributed by atoms with Gasteiger partial charge in [0.05, 0.1) is 0 Å². The van der Waals surface area contributed by atoms with Gasteiger partial charge in [0.1, 0.15) is 18.2 Å². The second kappa shape index (κ2) is 8.84. The molecule has 0 bridgehead atoms. The number of halogens is 2. The van der Waals surface area contributed by atoms with Crippen LogP contribution < -0.4 is 10.1 Å². The Kier molecular flexibility index (Phi) is 6.26. The van der Waals surface area contributed by atoms with Gasteiger partial charge in [-0.25, -0.2) is 4.39 Å². The molecular weight excluding hydrogens is 349 g/mol. The zero-order valence-electron chi connectivity index (χ0n) is 14.6. The van der Waals surface area contributed by atoms with Crippen molar-refractivity contribution in [3.63, 3.8) is 0 Å². The van der Waals surface area contributed by atoms with Crippen LogP contribution in [0.2, 0.25) is 5.02 Å². The van der Waals surface area contributed by atoms with Crippen molar-refractivity contribution in [2.75, 3.05) is 0 Å². The molecule has 26 heavy (non-hydrogen) atoms. The summed E-state index contributed by atoms with van der Waals surface area (Å²) in [5, 5.41) is 4.17. The number of hydrogen-bond acceptors (Lipinski definition) is 2. The average Bonchev–Trinajstić information content (AvgIpc) is 2.67. The number of rotatable bonds is 7. The lowest BCUT2D eigenvalue weighted by Gasteiger charge is -2.17. The molecule has 3 rings (SSSR count). The topological polar surface area (TPSA) is 21.3 Å². The second-order valence-corrected chi connectivity index (χ2v) is 6.62. The Bertz CT molecular complexity index is 837. The van der Waals surface area contributed by atoms with E-state index in [1.807, 2.05) is 36.4 Å². The largest absolute Gasteiger partial charge is 0.489 e. The summed E-state index contributed by atoms with van der Waals surface area (Å²) in [6.07, 6.45) is 0. The van der Waals surface area contributed by atoms with E-state index in [4.69, 9.17) is 16.3 Å². The van der Waals surface area contributed by atoms with Gasteiger partial charge in [0.15, 0.2) is 0 Å². The molecular formula is C22H21ClFNO. The maximum atomic E-state index is 13.0. The van der Waals surface area contributed by atoms with Gasteiger partial charge in [-0.3, -0.25) is 0 Å². The van der Waals surface area contributed by atoms with E-state index in [-0.39, 0.29) is 11.9 Å². The van der Waals surface area contributed by atoms with E-state index in [0.717, 1.165) is 16.9 Å². The Balaban J connectivity index is 1.66. The van der Waals surface area contributed by atoms with E-state index in [0.29, 0.717) is 18.2 Å². The highest BCUT2D eigenvalue weighted by Crippen LogP contribution is 2.25. The molecule has 134 valence electrons. The fourth-order valence-corrected chi connectivity index (χ4v) is 2.89. The summed E-state index contributed by atoms with van der Waals surface area (Å²) in [6, 6.07) is 22.4. The minimum atomic E-state index is -0.250. The highest BCUT2D eigenvalue weighted by atomic mass is 35.5. The maximum absolute atomic E-state index is 13.0.